The molecule has 0 bridgehead atoms. The van der Waals surface area contributed by atoms with Crippen molar-refractivity contribution in [3.8, 4) is 0 Å². The highest BCUT2D eigenvalue weighted by atomic mass is 32.2. The molecule has 18 heavy (non-hydrogen) atoms. The van der Waals surface area contributed by atoms with Gasteiger partial charge in [-0.05, 0) is 43.4 Å². The molecule has 100 valence electrons. The highest BCUT2D eigenvalue weighted by molar-refractivity contribution is 7.94. The van der Waals surface area contributed by atoms with Crippen LogP contribution in [0.4, 0.5) is 4.39 Å². The Labute approximate surface area is 109 Å². The van der Waals surface area contributed by atoms with E-state index in [1.807, 2.05) is 20.8 Å². The van der Waals surface area contributed by atoms with Gasteiger partial charge in [0.2, 0.25) is 0 Å². The molecule has 2 nitrogen and oxygen atoms in total. The molecular formula is C14H20FNOS. The molecule has 0 saturated heterocycles. The van der Waals surface area contributed by atoms with E-state index in [2.05, 4.69) is 4.36 Å². The van der Waals surface area contributed by atoms with E-state index in [9.17, 15) is 8.60 Å². The molecule has 1 aliphatic rings. The summed E-state index contributed by atoms with van der Waals surface area (Å²) >= 11 is 0. The zero-order valence-corrected chi connectivity index (χ0v) is 12.0. The topological polar surface area (TPSA) is 29.4 Å². The van der Waals surface area contributed by atoms with Gasteiger partial charge in [-0.2, -0.15) is 0 Å². The summed E-state index contributed by atoms with van der Waals surface area (Å²) in [6, 6.07) is 4.97. The summed E-state index contributed by atoms with van der Waals surface area (Å²) in [5.41, 5.74) is 0.674. The largest absolute Gasteiger partial charge is 0.244 e. The van der Waals surface area contributed by atoms with Gasteiger partial charge in [0.05, 0.1) is 14.6 Å². The Morgan fingerprint density at radius 1 is 1.44 bits per heavy atom. The molecule has 0 heterocycles. The fourth-order valence-electron chi connectivity index (χ4n) is 2.11. The van der Waals surface area contributed by atoms with Crippen LogP contribution in [0, 0.1) is 5.82 Å². The van der Waals surface area contributed by atoms with E-state index < -0.39 is 9.73 Å². The SMILES string of the molecule is CCN=S(=O)(c1ccc(C(C)C)c(F)c1)C1CC1. The quantitative estimate of drug-likeness (QED) is 0.813. The maximum absolute atomic E-state index is 14.0. The highest BCUT2D eigenvalue weighted by Gasteiger charge is 2.35. The minimum absolute atomic E-state index is 0.127. The molecule has 1 aliphatic carbocycles. The number of nitrogens with zero attached hydrogens (tertiary/aromatic N) is 1. The maximum atomic E-state index is 14.0. The van der Waals surface area contributed by atoms with Crippen molar-refractivity contribution < 1.29 is 8.60 Å². The Kier molecular flexibility index (Phi) is 3.76. The fraction of sp³-hybridized carbons (Fsp3) is 0.571. The van der Waals surface area contributed by atoms with Crippen molar-refractivity contribution in [1.82, 2.24) is 0 Å². The van der Waals surface area contributed by atoms with Gasteiger partial charge in [0.25, 0.3) is 0 Å². The molecule has 1 fully saturated rings. The third kappa shape index (κ3) is 2.44. The maximum Gasteiger partial charge on any atom is 0.127 e. The molecule has 4 heteroatoms. The molecule has 0 spiro atoms. The van der Waals surface area contributed by atoms with Crippen LogP contribution in [0.15, 0.2) is 27.5 Å². The molecule has 0 aliphatic heterocycles. The Morgan fingerprint density at radius 2 is 2.11 bits per heavy atom. The average Bonchev–Trinajstić information content (AvgIpc) is 3.12. The highest BCUT2D eigenvalue weighted by Crippen LogP contribution is 2.36. The second-order valence-electron chi connectivity index (χ2n) is 5.05. The van der Waals surface area contributed by atoms with Crippen LogP contribution in [0.2, 0.25) is 0 Å². The molecule has 1 aromatic rings. The number of hydrogen-bond donors (Lipinski definition) is 0. The van der Waals surface area contributed by atoms with E-state index in [-0.39, 0.29) is 17.0 Å². The number of halogens is 1. The van der Waals surface area contributed by atoms with Crippen LogP contribution in [0.3, 0.4) is 0 Å². The lowest BCUT2D eigenvalue weighted by Crippen LogP contribution is -2.09. The minimum atomic E-state index is -2.40. The Balaban J connectivity index is 2.48. The molecule has 1 saturated carbocycles. The number of benzene rings is 1. The second kappa shape index (κ2) is 5.00. The summed E-state index contributed by atoms with van der Waals surface area (Å²) in [6.45, 7) is 6.29. The molecule has 1 unspecified atom stereocenters. The van der Waals surface area contributed by atoms with Crippen molar-refractivity contribution in [2.45, 2.75) is 49.7 Å². The molecular weight excluding hydrogens is 249 g/mol. The first-order valence-corrected chi connectivity index (χ1v) is 8.08. The lowest BCUT2D eigenvalue weighted by atomic mass is 10.0. The van der Waals surface area contributed by atoms with Gasteiger partial charge in [0, 0.05) is 11.8 Å². The van der Waals surface area contributed by atoms with Crippen LogP contribution >= 0.6 is 0 Å². The van der Waals surface area contributed by atoms with Gasteiger partial charge < -0.3 is 0 Å². The standard InChI is InChI=1S/C14H20FNOS/c1-4-16-18(17,11-5-6-11)12-7-8-13(10(2)3)14(15)9-12/h7-11H,4-6H2,1-3H3. The molecule has 0 radical (unpaired) electrons. The van der Waals surface area contributed by atoms with E-state index in [0.717, 1.165) is 12.8 Å². The van der Waals surface area contributed by atoms with Crippen molar-refractivity contribution in [2.75, 3.05) is 6.54 Å². The molecule has 1 aromatic carbocycles. The first-order chi connectivity index (χ1) is 8.49. The van der Waals surface area contributed by atoms with Crippen molar-refractivity contribution >= 4 is 9.73 Å². The number of rotatable bonds is 4. The predicted molar refractivity (Wildman–Crippen MR) is 72.9 cm³/mol. The van der Waals surface area contributed by atoms with Gasteiger partial charge in [-0.15, -0.1) is 0 Å². The summed E-state index contributed by atoms with van der Waals surface area (Å²) in [6.07, 6.45) is 1.88. The van der Waals surface area contributed by atoms with Crippen LogP contribution in [-0.4, -0.2) is 16.0 Å². The van der Waals surface area contributed by atoms with Crippen LogP contribution in [0.5, 0.6) is 0 Å². The first kappa shape index (κ1) is 13.5. The summed E-state index contributed by atoms with van der Waals surface area (Å²) in [5.74, 6) is -0.124. The van der Waals surface area contributed by atoms with Gasteiger partial charge in [-0.25, -0.2) is 13.0 Å². The Bertz CT molecular complexity index is 555. The predicted octanol–water partition coefficient (Wildman–Crippen LogP) is 3.96. The van der Waals surface area contributed by atoms with Gasteiger partial charge in [0.15, 0.2) is 0 Å². The third-order valence-electron chi connectivity index (χ3n) is 3.23. The van der Waals surface area contributed by atoms with Crippen LogP contribution < -0.4 is 0 Å². The normalized spacial score (nSPS) is 18.7. The van der Waals surface area contributed by atoms with Gasteiger partial charge in [0.1, 0.15) is 5.82 Å². The monoisotopic (exact) mass is 269 g/mol. The minimum Gasteiger partial charge on any atom is -0.244 e. The smallest absolute Gasteiger partial charge is 0.127 e. The zero-order chi connectivity index (χ0) is 13.3. The summed E-state index contributed by atoms with van der Waals surface area (Å²) < 4.78 is 31.1. The number of hydrogen-bond acceptors (Lipinski definition) is 2. The molecule has 0 amide bonds. The van der Waals surface area contributed by atoms with E-state index >= 15 is 0 Å². The third-order valence-corrected chi connectivity index (χ3v) is 6.17. The van der Waals surface area contributed by atoms with Crippen LogP contribution in [0.1, 0.15) is 45.1 Å². The van der Waals surface area contributed by atoms with Crippen molar-refractivity contribution in [1.29, 1.82) is 0 Å². The Hall–Kier alpha value is -0.900. The average molecular weight is 269 g/mol. The van der Waals surface area contributed by atoms with E-state index in [1.165, 1.54) is 6.07 Å². The lowest BCUT2D eigenvalue weighted by Gasteiger charge is -2.12. The van der Waals surface area contributed by atoms with E-state index in [1.54, 1.807) is 12.1 Å². The van der Waals surface area contributed by atoms with Gasteiger partial charge in [-0.3, -0.25) is 0 Å². The lowest BCUT2D eigenvalue weighted by molar-refractivity contribution is 0.593. The first-order valence-electron chi connectivity index (χ1n) is 6.50. The molecule has 0 aromatic heterocycles. The fourth-order valence-corrected chi connectivity index (χ4v) is 4.55. The Morgan fingerprint density at radius 3 is 2.56 bits per heavy atom. The van der Waals surface area contributed by atoms with E-state index in [4.69, 9.17) is 0 Å². The van der Waals surface area contributed by atoms with Crippen molar-refractivity contribution in [2.24, 2.45) is 4.36 Å². The molecule has 2 rings (SSSR count). The van der Waals surface area contributed by atoms with E-state index in [0.29, 0.717) is 17.0 Å². The van der Waals surface area contributed by atoms with Crippen LogP contribution in [-0.2, 0) is 9.73 Å². The zero-order valence-electron chi connectivity index (χ0n) is 11.1. The molecule has 1 atom stereocenters. The van der Waals surface area contributed by atoms with Crippen molar-refractivity contribution in [3.05, 3.63) is 29.6 Å². The van der Waals surface area contributed by atoms with Gasteiger partial charge >= 0.3 is 0 Å². The summed E-state index contributed by atoms with van der Waals surface area (Å²) in [4.78, 5) is 0.564. The summed E-state index contributed by atoms with van der Waals surface area (Å²) in [5, 5.41) is 0.127. The van der Waals surface area contributed by atoms with Crippen molar-refractivity contribution in [3.63, 3.8) is 0 Å². The van der Waals surface area contributed by atoms with Crippen LogP contribution in [0.25, 0.3) is 0 Å². The summed E-state index contributed by atoms with van der Waals surface area (Å²) in [7, 11) is -2.40. The molecule has 0 N–H and O–H groups in total. The van der Waals surface area contributed by atoms with Gasteiger partial charge in [-0.1, -0.05) is 19.9 Å². The second-order valence-corrected chi connectivity index (χ2v) is 7.58.